The SMILES string of the molecule is CCCCCCC(C)(CCCCC)c1ocnc1C. The Morgan fingerprint density at radius 2 is 1.58 bits per heavy atom. The molecule has 1 aromatic rings. The molecule has 0 aliphatic rings. The molecule has 1 unspecified atom stereocenters. The second-order valence-electron chi connectivity index (χ2n) is 6.10. The highest BCUT2D eigenvalue weighted by Crippen LogP contribution is 2.36. The predicted octanol–water partition coefficient (Wildman–Crippen LogP) is 5.79. The smallest absolute Gasteiger partial charge is 0.181 e. The third-order valence-corrected chi connectivity index (χ3v) is 4.21. The minimum Gasteiger partial charge on any atom is -0.448 e. The molecule has 2 nitrogen and oxygen atoms in total. The first kappa shape index (κ1) is 16.3. The van der Waals surface area contributed by atoms with E-state index in [4.69, 9.17) is 4.42 Å². The third-order valence-electron chi connectivity index (χ3n) is 4.21. The molecule has 110 valence electrons. The van der Waals surface area contributed by atoms with Crippen molar-refractivity contribution in [1.29, 1.82) is 0 Å². The van der Waals surface area contributed by atoms with Gasteiger partial charge in [0.25, 0.3) is 0 Å². The van der Waals surface area contributed by atoms with Crippen LogP contribution in [-0.4, -0.2) is 4.98 Å². The molecule has 2 heteroatoms. The van der Waals surface area contributed by atoms with Crippen molar-refractivity contribution >= 4 is 0 Å². The Morgan fingerprint density at radius 1 is 1.00 bits per heavy atom. The van der Waals surface area contributed by atoms with Crippen molar-refractivity contribution in [1.82, 2.24) is 4.98 Å². The Balaban J connectivity index is 2.64. The number of rotatable bonds is 10. The van der Waals surface area contributed by atoms with Crippen LogP contribution in [0.25, 0.3) is 0 Å². The van der Waals surface area contributed by atoms with Gasteiger partial charge in [-0.2, -0.15) is 0 Å². The van der Waals surface area contributed by atoms with Crippen LogP contribution in [0.5, 0.6) is 0 Å². The first-order valence-electron chi connectivity index (χ1n) is 8.04. The normalized spacial score (nSPS) is 14.5. The summed E-state index contributed by atoms with van der Waals surface area (Å²) >= 11 is 0. The van der Waals surface area contributed by atoms with Crippen molar-refractivity contribution in [2.75, 3.05) is 0 Å². The quantitative estimate of drug-likeness (QED) is 0.500. The maximum atomic E-state index is 5.71. The molecule has 0 bridgehead atoms. The van der Waals surface area contributed by atoms with Crippen LogP contribution in [0.2, 0.25) is 0 Å². The molecule has 0 saturated carbocycles. The predicted molar refractivity (Wildman–Crippen MR) is 81.5 cm³/mol. The molecule has 1 atom stereocenters. The highest BCUT2D eigenvalue weighted by Gasteiger charge is 2.30. The van der Waals surface area contributed by atoms with Crippen molar-refractivity contribution in [3.8, 4) is 0 Å². The van der Waals surface area contributed by atoms with Crippen molar-refractivity contribution in [3.05, 3.63) is 17.8 Å². The molecule has 0 N–H and O–H groups in total. The van der Waals surface area contributed by atoms with Gasteiger partial charge in [0.15, 0.2) is 6.39 Å². The summed E-state index contributed by atoms with van der Waals surface area (Å²) in [4.78, 5) is 4.29. The summed E-state index contributed by atoms with van der Waals surface area (Å²) in [6, 6.07) is 0. The van der Waals surface area contributed by atoms with Gasteiger partial charge in [-0.3, -0.25) is 0 Å². The molecule has 19 heavy (non-hydrogen) atoms. The van der Waals surface area contributed by atoms with Gasteiger partial charge in [0.05, 0.1) is 5.69 Å². The van der Waals surface area contributed by atoms with Gasteiger partial charge in [0.1, 0.15) is 5.76 Å². The van der Waals surface area contributed by atoms with Crippen LogP contribution in [-0.2, 0) is 5.41 Å². The van der Waals surface area contributed by atoms with E-state index in [-0.39, 0.29) is 5.41 Å². The molecule has 0 amide bonds. The first-order valence-corrected chi connectivity index (χ1v) is 8.04. The zero-order valence-corrected chi connectivity index (χ0v) is 13.3. The number of unbranched alkanes of at least 4 members (excludes halogenated alkanes) is 5. The van der Waals surface area contributed by atoms with E-state index in [1.54, 1.807) is 6.39 Å². The Hall–Kier alpha value is -0.790. The monoisotopic (exact) mass is 265 g/mol. The number of hydrogen-bond acceptors (Lipinski definition) is 2. The minimum absolute atomic E-state index is 0.184. The second-order valence-corrected chi connectivity index (χ2v) is 6.10. The van der Waals surface area contributed by atoms with Crippen molar-refractivity contribution < 1.29 is 4.42 Å². The fourth-order valence-corrected chi connectivity index (χ4v) is 2.94. The largest absolute Gasteiger partial charge is 0.448 e. The highest BCUT2D eigenvalue weighted by atomic mass is 16.3. The van der Waals surface area contributed by atoms with Crippen LogP contribution >= 0.6 is 0 Å². The van der Waals surface area contributed by atoms with E-state index < -0.39 is 0 Å². The zero-order valence-electron chi connectivity index (χ0n) is 13.3. The van der Waals surface area contributed by atoms with E-state index in [0.717, 1.165) is 11.5 Å². The van der Waals surface area contributed by atoms with Crippen molar-refractivity contribution in [2.45, 2.75) is 90.9 Å². The van der Waals surface area contributed by atoms with E-state index in [2.05, 4.69) is 32.7 Å². The van der Waals surface area contributed by atoms with Gasteiger partial charge in [-0.1, -0.05) is 65.7 Å². The number of aromatic nitrogens is 1. The molecule has 1 rings (SSSR count). The Kier molecular flexibility index (Phi) is 7.19. The molecule has 1 aromatic heterocycles. The van der Waals surface area contributed by atoms with Gasteiger partial charge in [-0.15, -0.1) is 0 Å². The van der Waals surface area contributed by atoms with Gasteiger partial charge < -0.3 is 4.42 Å². The van der Waals surface area contributed by atoms with Crippen LogP contribution in [0, 0.1) is 6.92 Å². The number of nitrogens with zero attached hydrogens (tertiary/aromatic N) is 1. The summed E-state index contributed by atoms with van der Waals surface area (Å²) in [6.45, 7) is 8.96. The molecule has 0 radical (unpaired) electrons. The van der Waals surface area contributed by atoms with Gasteiger partial charge >= 0.3 is 0 Å². The molecule has 0 spiro atoms. The third kappa shape index (κ3) is 5.00. The van der Waals surface area contributed by atoms with Gasteiger partial charge in [-0.25, -0.2) is 4.98 Å². The maximum absolute atomic E-state index is 5.71. The molecule has 0 aliphatic carbocycles. The lowest BCUT2D eigenvalue weighted by Gasteiger charge is -2.28. The molecule has 0 aromatic carbocycles. The molecule has 0 fully saturated rings. The zero-order chi connectivity index (χ0) is 14.1. The van der Waals surface area contributed by atoms with E-state index in [1.807, 2.05) is 0 Å². The van der Waals surface area contributed by atoms with Crippen LogP contribution in [0.4, 0.5) is 0 Å². The summed E-state index contributed by atoms with van der Waals surface area (Å²) in [6.07, 6.45) is 13.2. The number of hydrogen-bond donors (Lipinski definition) is 0. The van der Waals surface area contributed by atoms with E-state index in [0.29, 0.717) is 0 Å². The van der Waals surface area contributed by atoms with E-state index >= 15 is 0 Å². The molecule has 0 aliphatic heterocycles. The standard InChI is InChI=1S/C17H31NO/c1-5-7-9-11-13-17(4,12-10-8-6-2)16-15(3)18-14-19-16/h14H,5-13H2,1-4H3. The van der Waals surface area contributed by atoms with E-state index in [1.165, 1.54) is 57.8 Å². The summed E-state index contributed by atoms with van der Waals surface area (Å²) in [7, 11) is 0. The summed E-state index contributed by atoms with van der Waals surface area (Å²) in [5.41, 5.74) is 1.26. The second kappa shape index (κ2) is 8.39. The topological polar surface area (TPSA) is 26.0 Å². The lowest BCUT2D eigenvalue weighted by atomic mass is 9.77. The molecular weight excluding hydrogens is 234 g/mol. The van der Waals surface area contributed by atoms with Crippen molar-refractivity contribution in [3.63, 3.8) is 0 Å². The summed E-state index contributed by atoms with van der Waals surface area (Å²) in [5, 5.41) is 0. The fraction of sp³-hybridized carbons (Fsp3) is 0.824. The lowest BCUT2D eigenvalue weighted by Crippen LogP contribution is -2.22. The van der Waals surface area contributed by atoms with E-state index in [9.17, 15) is 0 Å². The Morgan fingerprint density at radius 3 is 2.11 bits per heavy atom. The first-order chi connectivity index (χ1) is 9.14. The van der Waals surface area contributed by atoms with Crippen molar-refractivity contribution in [2.24, 2.45) is 0 Å². The summed E-state index contributed by atoms with van der Waals surface area (Å²) in [5.74, 6) is 1.13. The molecule has 0 saturated heterocycles. The van der Waals surface area contributed by atoms with Crippen LogP contribution in [0.1, 0.15) is 90.0 Å². The molecular formula is C17H31NO. The number of aryl methyl sites for hydroxylation is 1. The average Bonchev–Trinajstić information content (AvgIpc) is 2.82. The molecule has 1 heterocycles. The van der Waals surface area contributed by atoms with Gasteiger partial charge in [0.2, 0.25) is 0 Å². The fourth-order valence-electron chi connectivity index (χ4n) is 2.94. The average molecular weight is 265 g/mol. The van der Waals surface area contributed by atoms with Crippen LogP contribution in [0.15, 0.2) is 10.8 Å². The van der Waals surface area contributed by atoms with Crippen LogP contribution < -0.4 is 0 Å². The maximum Gasteiger partial charge on any atom is 0.181 e. The summed E-state index contributed by atoms with van der Waals surface area (Å²) < 4.78 is 5.71. The van der Waals surface area contributed by atoms with Crippen LogP contribution in [0.3, 0.4) is 0 Å². The Bertz CT molecular complexity index is 345. The van der Waals surface area contributed by atoms with Gasteiger partial charge in [-0.05, 0) is 19.8 Å². The Labute approximate surface area is 119 Å². The number of oxazole rings is 1. The lowest BCUT2D eigenvalue weighted by molar-refractivity contribution is 0.297. The highest BCUT2D eigenvalue weighted by molar-refractivity contribution is 5.16. The minimum atomic E-state index is 0.184. The van der Waals surface area contributed by atoms with Gasteiger partial charge in [0, 0.05) is 5.41 Å².